The fourth-order valence-corrected chi connectivity index (χ4v) is 5.48. The van der Waals surface area contributed by atoms with Crippen molar-refractivity contribution in [3.63, 3.8) is 0 Å². The van der Waals surface area contributed by atoms with E-state index < -0.39 is 65.5 Å². The van der Waals surface area contributed by atoms with E-state index >= 15 is 0 Å². The molecule has 238 valence electrons. The molecule has 0 spiro atoms. The van der Waals surface area contributed by atoms with Gasteiger partial charge in [0.15, 0.2) is 9.84 Å². The molecule has 0 aliphatic carbocycles. The van der Waals surface area contributed by atoms with Crippen LogP contribution in [0, 0.1) is 0 Å². The van der Waals surface area contributed by atoms with E-state index in [0.29, 0.717) is 5.56 Å². The Kier molecular flexibility index (Phi) is 10.4. The summed E-state index contributed by atoms with van der Waals surface area (Å²) in [7, 11) is -3.42. The average Bonchev–Trinajstić information content (AvgIpc) is 3.41. The molecular weight excluding hydrogens is 615 g/mol. The third-order valence-corrected chi connectivity index (χ3v) is 8.69. The fraction of sp³-hybridized carbons (Fsp3) is 0.393. The van der Waals surface area contributed by atoms with Gasteiger partial charge in [0, 0.05) is 18.8 Å². The highest BCUT2D eigenvalue weighted by atomic mass is 32.2. The maximum absolute atomic E-state index is 12.9. The molecule has 4 rings (SSSR count). The van der Waals surface area contributed by atoms with Crippen LogP contribution < -0.4 is 15.0 Å². The number of aliphatic hydroxyl groups excluding tert-OH is 1. The topological polar surface area (TPSA) is 131 Å². The molecule has 16 heteroatoms. The summed E-state index contributed by atoms with van der Waals surface area (Å²) in [6, 6.07) is 8.31. The first kappa shape index (κ1) is 33.0. The lowest BCUT2D eigenvalue weighted by atomic mass is 10.1. The molecule has 0 saturated carbocycles. The van der Waals surface area contributed by atoms with E-state index in [1.54, 1.807) is 4.90 Å². The van der Waals surface area contributed by atoms with Crippen molar-refractivity contribution in [3.05, 3.63) is 77.6 Å². The Morgan fingerprint density at radius 1 is 1.09 bits per heavy atom. The highest BCUT2D eigenvalue weighted by Gasteiger charge is 2.36. The molecule has 2 N–H and O–H groups in total. The molecule has 1 saturated heterocycles. The summed E-state index contributed by atoms with van der Waals surface area (Å²) < 4.78 is 98.6. The van der Waals surface area contributed by atoms with Crippen molar-refractivity contribution in [2.75, 3.05) is 30.4 Å². The van der Waals surface area contributed by atoms with Crippen LogP contribution in [-0.2, 0) is 20.8 Å². The van der Waals surface area contributed by atoms with Crippen LogP contribution in [0.2, 0.25) is 0 Å². The third-order valence-electron chi connectivity index (χ3n) is 6.94. The Hall–Kier alpha value is -3.89. The maximum Gasteiger partial charge on any atom is 0.416 e. The lowest BCUT2D eigenvalue weighted by Gasteiger charge is -2.24. The van der Waals surface area contributed by atoms with Crippen LogP contribution in [0.5, 0.6) is 5.75 Å². The normalized spacial score (nSPS) is 18.0. The maximum atomic E-state index is 12.9. The number of aromatic nitrogens is 2. The Morgan fingerprint density at radius 3 is 2.27 bits per heavy atom. The second-order valence-corrected chi connectivity index (χ2v) is 12.1. The van der Waals surface area contributed by atoms with Crippen molar-refractivity contribution in [2.24, 2.45) is 0 Å². The van der Waals surface area contributed by atoms with Gasteiger partial charge in [0.05, 0.1) is 53.6 Å². The summed E-state index contributed by atoms with van der Waals surface area (Å²) >= 11 is 0. The monoisotopic (exact) mass is 644 g/mol. The molecule has 3 atom stereocenters. The van der Waals surface area contributed by atoms with E-state index in [0.717, 1.165) is 12.1 Å². The first-order chi connectivity index (χ1) is 20.8. The van der Waals surface area contributed by atoms with E-state index in [9.17, 15) is 40.3 Å². The number of amides is 1. The third kappa shape index (κ3) is 8.18. The molecule has 2 aromatic carbocycles. The average molecular weight is 645 g/mol. The smallest absolute Gasteiger partial charge is 0.416 e. The van der Waals surface area contributed by atoms with Crippen molar-refractivity contribution in [3.8, 4) is 5.75 Å². The molecule has 0 unspecified atom stereocenters. The Labute approximate surface area is 249 Å². The van der Waals surface area contributed by atoms with Crippen LogP contribution in [0.3, 0.4) is 0 Å². The SMILES string of the molecule is CCS(=O)(=O)c1ccc([C@H](CO)NC(=O)c2cnc(N3C[C@@H](Oc4ccc(C(F)(F)F)cc4)C[C@H]3COC(F)F)nc2)cc1. The number of anilines is 1. The number of nitrogens with zero attached hydrogens (tertiary/aromatic N) is 3. The number of rotatable bonds is 12. The van der Waals surface area contributed by atoms with Crippen molar-refractivity contribution in [1.29, 1.82) is 0 Å². The second-order valence-electron chi connectivity index (χ2n) is 9.85. The number of hydrogen-bond acceptors (Lipinski definition) is 9. The van der Waals surface area contributed by atoms with Crippen LogP contribution in [0.1, 0.15) is 40.9 Å². The Bertz CT molecular complexity index is 1510. The summed E-state index contributed by atoms with van der Waals surface area (Å²) in [4.78, 5) is 22.9. The van der Waals surface area contributed by atoms with Gasteiger partial charge in [-0.05, 0) is 42.0 Å². The number of sulfone groups is 1. The molecule has 1 aliphatic rings. The summed E-state index contributed by atoms with van der Waals surface area (Å²) in [6.45, 7) is -2.31. The lowest BCUT2D eigenvalue weighted by molar-refractivity contribution is -0.137. The van der Waals surface area contributed by atoms with E-state index in [2.05, 4.69) is 20.0 Å². The quantitative estimate of drug-likeness (QED) is 0.281. The van der Waals surface area contributed by atoms with E-state index in [-0.39, 0.29) is 40.9 Å². The van der Waals surface area contributed by atoms with E-state index in [4.69, 9.17) is 4.74 Å². The molecule has 10 nitrogen and oxygen atoms in total. The van der Waals surface area contributed by atoms with E-state index in [1.165, 1.54) is 55.7 Å². The van der Waals surface area contributed by atoms with Crippen LogP contribution >= 0.6 is 0 Å². The largest absolute Gasteiger partial charge is 0.489 e. The molecule has 1 fully saturated rings. The molecule has 0 bridgehead atoms. The standard InChI is InChI=1S/C28H29F5N4O6S/c1-2-44(40,41)23-9-3-17(4-10-23)24(15-38)36-25(39)18-12-34-27(35-13-18)37-14-22(11-20(37)16-42-26(29)30)43-21-7-5-19(6-8-21)28(31,32)33/h3-10,12-13,20,22,24,26,38H,2,11,14-16H2,1H3,(H,36,39)/t20-,22-,24-/m0/s1. The van der Waals surface area contributed by atoms with E-state index in [1.807, 2.05) is 0 Å². The molecule has 44 heavy (non-hydrogen) atoms. The number of benzene rings is 2. The van der Waals surface area contributed by atoms with Gasteiger partial charge >= 0.3 is 12.8 Å². The van der Waals surface area contributed by atoms with Gasteiger partial charge in [-0.25, -0.2) is 18.4 Å². The minimum atomic E-state index is -4.51. The predicted molar refractivity (Wildman–Crippen MR) is 147 cm³/mol. The number of aliphatic hydroxyl groups is 1. The first-order valence-corrected chi connectivity index (χ1v) is 15.0. The molecule has 1 aromatic heterocycles. The Balaban J connectivity index is 1.44. The molecule has 0 radical (unpaired) electrons. The minimum Gasteiger partial charge on any atom is -0.489 e. The van der Waals surface area contributed by atoms with Crippen molar-refractivity contribution >= 4 is 21.7 Å². The van der Waals surface area contributed by atoms with Crippen LogP contribution in [0.15, 0.2) is 65.8 Å². The minimum absolute atomic E-state index is 0.0227. The summed E-state index contributed by atoms with van der Waals surface area (Å²) in [5.41, 5.74) is -0.356. The summed E-state index contributed by atoms with van der Waals surface area (Å²) in [5, 5.41) is 12.5. The number of alkyl halides is 5. The zero-order valence-electron chi connectivity index (χ0n) is 23.2. The van der Waals surface area contributed by atoms with Gasteiger partial charge in [-0.15, -0.1) is 0 Å². The van der Waals surface area contributed by atoms with Crippen LogP contribution in [-0.4, -0.2) is 73.7 Å². The molecule has 3 aromatic rings. The Morgan fingerprint density at radius 2 is 1.73 bits per heavy atom. The number of hydrogen-bond donors (Lipinski definition) is 2. The van der Waals surface area contributed by atoms with Gasteiger partial charge in [-0.2, -0.15) is 22.0 Å². The van der Waals surface area contributed by atoms with Gasteiger partial charge in [0.25, 0.3) is 5.91 Å². The fourth-order valence-electron chi connectivity index (χ4n) is 4.60. The number of nitrogens with one attached hydrogen (secondary N) is 1. The highest BCUT2D eigenvalue weighted by Crippen LogP contribution is 2.32. The van der Waals surface area contributed by atoms with Crippen molar-refractivity contribution in [2.45, 2.75) is 49.2 Å². The van der Waals surface area contributed by atoms with Gasteiger partial charge in [-0.1, -0.05) is 19.1 Å². The molecule has 1 amide bonds. The van der Waals surface area contributed by atoms with Gasteiger partial charge in [0.2, 0.25) is 5.95 Å². The summed E-state index contributed by atoms with van der Waals surface area (Å²) in [5.74, 6) is -0.476. The predicted octanol–water partition coefficient (Wildman–Crippen LogP) is 4.02. The van der Waals surface area contributed by atoms with Crippen molar-refractivity contribution in [1.82, 2.24) is 15.3 Å². The zero-order valence-corrected chi connectivity index (χ0v) is 24.1. The number of ether oxygens (including phenoxy) is 2. The number of carbonyl (C=O) groups excluding carboxylic acids is 1. The van der Waals surface area contributed by atoms with Crippen molar-refractivity contribution < 1.29 is 49.7 Å². The van der Waals surface area contributed by atoms with Gasteiger partial charge < -0.3 is 24.8 Å². The number of carbonyl (C=O) groups is 1. The number of halogens is 5. The van der Waals surface area contributed by atoms with Gasteiger partial charge in [0.1, 0.15) is 11.9 Å². The summed E-state index contributed by atoms with van der Waals surface area (Å²) in [6.07, 6.45) is -2.54. The molecular formula is C28H29F5N4O6S. The van der Waals surface area contributed by atoms with Crippen LogP contribution in [0.4, 0.5) is 27.9 Å². The van der Waals surface area contributed by atoms with Gasteiger partial charge in [-0.3, -0.25) is 4.79 Å². The molecule has 2 heterocycles. The highest BCUT2D eigenvalue weighted by molar-refractivity contribution is 7.91. The zero-order chi connectivity index (χ0) is 32.1. The molecule has 1 aliphatic heterocycles. The van der Waals surface area contributed by atoms with Crippen LogP contribution in [0.25, 0.3) is 0 Å². The second kappa shape index (κ2) is 13.8. The lowest BCUT2D eigenvalue weighted by Crippen LogP contribution is -2.35. The first-order valence-electron chi connectivity index (χ1n) is 13.4.